The van der Waals surface area contributed by atoms with Crippen molar-refractivity contribution in [2.45, 2.75) is 34.3 Å². The number of anilines is 1. The number of hydrogen-bond donors (Lipinski definition) is 1. The van der Waals surface area contributed by atoms with Crippen molar-refractivity contribution in [3.8, 4) is 5.75 Å². The number of carbonyl (C=O) groups is 1. The molecule has 3 nitrogen and oxygen atoms in total. The first-order chi connectivity index (χ1) is 12.4. The zero-order valence-corrected chi connectivity index (χ0v) is 16.4. The molecule has 0 radical (unpaired) electrons. The molecule has 0 unspecified atom stereocenters. The molecule has 4 heteroatoms. The molecule has 1 aromatic heterocycles. The summed E-state index contributed by atoms with van der Waals surface area (Å²) in [6, 6.07) is 14.0. The van der Waals surface area contributed by atoms with Crippen molar-refractivity contribution in [1.29, 1.82) is 0 Å². The Bertz CT molecular complexity index is 923. The Hall–Kier alpha value is -2.59. The molecule has 0 aliphatic carbocycles. The highest BCUT2D eigenvalue weighted by atomic mass is 32.1. The number of hydrogen-bond acceptors (Lipinski definition) is 3. The van der Waals surface area contributed by atoms with Gasteiger partial charge in [-0.05, 0) is 85.7 Å². The molecule has 1 heterocycles. The normalized spacial score (nSPS) is 10.6. The first-order valence-electron chi connectivity index (χ1n) is 8.58. The molecule has 0 aliphatic rings. The highest BCUT2D eigenvalue weighted by molar-refractivity contribution is 7.12. The van der Waals surface area contributed by atoms with E-state index >= 15 is 0 Å². The van der Waals surface area contributed by atoms with Gasteiger partial charge in [-0.3, -0.25) is 4.79 Å². The van der Waals surface area contributed by atoms with Gasteiger partial charge in [-0.1, -0.05) is 12.1 Å². The van der Waals surface area contributed by atoms with E-state index in [-0.39, 0.29) is 5.91 Å². The number of thiophene rings is 1. The third-order valence-electron chi connectivity index (χ3n) is 4.24. The first kappa shape index (κ1) is 18.2. The maximum absolute atomic E-state index is 12.5. The number of rotatable bonds is 5. The average molecular weight is 365 g/mol. The van der Waals surface area contributed by atoms with Gasteiger partial charge in [0.15, 0.2) is 0 Å². The molecule has 3 aromatic rings. The van der Waals surface area contributed by atoms with Gasteiger partial charge in [0, 0.05) is 11.3 Å². The molecule has 0 spiro atoms. The smallest absolute Gasteiger partial charge is 0.265 e. The molecule has 2 aromatic carbocycles. The molecule has 26 heavy (non-hydrogen) atoms. The largest absolute Gasteiger partial charge is 0.489 e. The van der Waals surface area contributed by atoms with Crippen LogP contribution in [0.15, 0.2) is 47.8 Å². The average Bonchev–Trinajstić information content (AvgIpc) is 3.04. The van der Waals surface area contributed by atoms with Gasteiger partial charge in [0.25, 0.3) is 5.91 Å². The Labute approximate surface area is 158 Å². The highest BCUT2D eigenvalue weighted by Gasteiger charge is 2.10. The number of aryl methyl sites for hydroxylation is 4. The lowest BCUT2D eigenvalue weighted by Crippen LogP contribution is -2.10. The fraction of sp³-hybridized carbons (Fsp3) is 0.227. The maximum Gasteiger partial charge on any atom is 0.265 e. The van der Waals surface area contributed by atoms with Gasteiger partial charge in [0.05, 0.1) is 4.88 Å². The fourth-order valence-electron chi connectivity index (χ4n) is 2.78. The van der Waals surface area contributed by atoms with Gasteiger partial charge in [-0.15, -0.1) is 11.3 Å². The van der Waals surface area contributed by atoms with E-state index in [1.807, 2.05) is 49.6 Å². The molecule has 0 atom stereocenters. The van der Waals surface area contributed by atoms with E-state index < -0.39 is 0 Å². The van der Waals surface area contributed by atoms with E-state index in [0.29, 0.717) is 11.5 Å². The van der Waals surface area contributed by atoms with E-state index in [0.717, 1.165) is 28.1 Å². The summed E-state index contributed by atoms with van der Waals surface area (Å²) < 4.78 is 5.85. The van der Waals surface area contributed by atoms with Crippen LogP contribution < -0.4 is 10.1 Å². The second kappa shape index (κ2) is 7.75. The van der Waals surface area contributed by atoms with Gasteiger partial charge >= 0.3 is 0 Å². The van der Waals surface area contributed by atoms with Crippen LogP contribution in [0.1, 0.15) is 37.5 Å². The number of ether oxygens (including phenoxy) is 1. The molecule has 1 N–H and O–H groups in total. The van der Waals surface area contributed by atoms with Crippen molar-refractivity contribution in [2.75, 3.05) is 5.32 Å². The Kier molecular flexibility index (Phi) is 5.43. The van der Waals surface area contributed by atoms with Crippen LogP contribution >= 0.6 is 11.3 Å². The van der Waals surface area contributed by atoms with Crippen LogP contribution in [-0.2, 0) is 6.61 Å². The van der Waals surface area contributed by atoms with Crippen molar-refractivity contribution in [2.24, 2.45) is 0 Å². The molecule has 0 fully saturated rings. The van der Waals surface area contributed by atoms with Gasteiger partial charge in [-0.2, -0.15) is 0 Å². The van der Waals surface area contributed by atoms with E-state index in [1.54, 1.807) is 0 Å². The zero-order chi connectivity index (χ0) is 18.7. The molecule has 3 rings (SSSR count). The van der Waals surface area contributed by atoms with Gasteiger partial charge in [0.1, 0.15) is 12.4 Å². The third-order valence-corrected chi connectivity index (χ3v) is 5.22. The van der Waals surface area contributed by atoms with Crippen molar-refractivity contribution < 1.29 is 9.53 Å². The van der Waals surface area contributed by atoms with Gasteiger partial charge < -0.3 is 10.1 Å². The summed E-state index contributed by atoms with van der Waals surface area (Å²) in [5.74, 6) is 0.762. The summed E-state index contributed by atoms with van der Waals surface area (Å²) in [6.07, 6.45) is 0. The van der Waals surface area contributed by atoms with Crippen LogP contribution in [0.2, 0.25) is 0 Å². The monoisotopic (exact) mass is 365 g/mol. The van der Waals surface area contributed by atoms with Gasteiger partial charge in [0.2, 0.25) is 0 Å². The standard InChI is InChI=1S/C22H23NO2S/c1-14-7-15(2)9-19(8-14)23-22(24)21-11-18(13-26-21)12-25-20-6-5-16(3)17(4)10-20/h5-11,13H,12H2,1-4H3,(H,23,24). The molecule has 134 valence electrons. The van der Waals surface area contributed by atoms with E-state index in [9.17, 15) is 4.79 Å². The lowest BCUT2D eigenvalue weighted by atomic mass is 10.1. The minimum Gasteiger partial charge on any atom is -0.489 e. The van der Waals surface area contributed by atoms with Crippen molar-refractivity contribution in [1.82, 2.24) is 0 Å². The SMILES string of the molecule is Cc1cc(C)cc(NC(=O)c2cc(COc3ccc(C)c(C)c3)cs2)c1. The molecule has 0 saturated heterocycles. The Morgan fingerprint density at radius 2 is 1.69 bits per heavy atom. The summed E-state index contributed by atoms with van der Waals surface area (Å²) in [5.41, 5.74) is 6.55. The van der Waals surface area contributed by atoms with E-state index in [4.69, 9.17) is 4.74 Å². The van der Waals surface area contributed by atoms with Crippen molar-refractivity contribution in [3.63, 3.8) is 0 Å². The highest BCUT2D eigenvalue weighted by Crippen LogP contribution is 2.21. The second-order valence-electron chi connectivity index (χ2n) is 6.68. The lowest BCUT2D eigenvalue weighted by molar-refractivity contribution is 0.103. The fourth-order valence-corrected chi connectivity index (χ4v) is 3.57. The van der Waals surface area contributed by atoms with Crippen LogP contribution in [0, 0.1) is 27.7 Å². The second-order valence-corrected chi connectivity index (χ2v) is 7.60. The minimum absolute atomic E-state index is 0.0857. The molecule has 0 aliphatic heterocycles. The number of carbonyl (C=O) groups excluding carboxylic acids is 1. The lowest BCUT2D eigenvalue weighted by Gasteiger charge is -2.07. The molecule has 0 saturated carbocycles. The Morgan fingerprint density at radius 1 is 0.962 bits per heavy atom. The van der Waals surface area contributed by atoms with Crippen molar-refractivity contribution >= 4 is 22.9 Å². The number of benzene rings is 2. The predicted octanol–water partition coefficient (Wildman–Crippen LogP) is 5.81. The summed E-state index contributed by atoms with van der Waals surface area (Å²) in [7, 11) is 0. The van der Waals surface area contributed by atoms with Crippen LogP contribution in [0.5, 0.6) is 5.75 Å². The number of nitrogens with one attached hydrogen (secondary N) is 1. The van der Waals surface area contributed by atoms with Crippen LogP contribution in [-0.4, -0.2) is 5.91 Å². The Morgan fingerprint density at radius 3 is 2.38 bits per heavy atom. The molecular formula is C22H23NO2S. The summed E-state index contributed by atoms with van der Waals surface area (Å²) in [6.45, 7) is 8.66. The summed E-state index contributed by atoms with van der Waals surface area (Å²) >= 11 is 1.43. The molecule has 1 amide bonds. The topological polar surface area (TPSA) is 38.3 Å². The number of amides is 1. The molecular weight excluding hydrogens is 342 g/mol. The van der Waals surface area contributed by atoms with Crippen LogP contribution in [0.25, 0.3) is 0 Å². The predicted molar refractivity (Wildman–Crippen MR) is 108 cm³/mol. The van der Waals surface area contributed by atoms with Crippen LogP contribution in [0.3, 0.4) is 0 Å². The van der Waals surface area contributed by atoms with E-state index in [2.05, 4.69) is 31.3 Å². The van der Waals surface area contributed by atoms with Gasteiger partial charge in [-0.25, -0.2) is 0 Å². The minimum atomic E-state index is -0.0857. The van der Waals surface area contributed by atoms with Crippen molar-refractivity contribution in [3.05, 3.63) is 80.5 Å². The molecule has 0 bridgehead atoms. The summed E-state index contributed by atoms with van der Waals surface area (Å²) in [5, 5.41) is 4.94. The quantitative estimate of drug-likeness (QED) is 0.619. The third kappa shape index (κ3) is 4.52. The van der Waals surface area contributed by atoms with E-state index in [1.165, 1.54) is 22.5 Å². The zero-order valence-electron chi connectivity index (χ0n) is 15.6. The maximum atomic E-state index is 12.5. The van der Waals surface area contributed by atoms with Crippen LogP contribution in [0.4, 0.5) is 5.69 Å². The Balaban J connectivity index is 1.63. The summed E-state index contributed by atoms with van der Waals surface area (Å²) in [4.78, 5) is 13.1. The first-order valence-corrected chi connectivity index (χ1v) is 9.46.